The maximum absolute atomic E-state index is 13.4. The van der Waals surface area contributed by atoms with Gasteiger partial charge in [0.2, 0.25) is 5.95 Å². The Kier molecular flexibility index (Phi) is 6.10. The molecule has 10 nitrogen and oxygen atoms in total. The van der Waals surface area contributed by atoms with Crippen LogP contribution in [0.5, 0.6) is 0 Å². The van der Waals surface area contributed by atoms with Crippen molar-refractivity contribution in [2.45, 2.75) is 51.1 Å². The van der Waals surface area contributed by atoms with Crippen LogP contribution in [0.3, 0.4) is 0 Å². The second kappa shape index (κ2) is 8.96. The average Bonchev–Trinajstić information content (AvgIpc) is 3.39. The van der Waals surface area contributed by atoms with Gasteiger partial charge < -0.3 is 10.6 Å². The Morgan fingerprint density at radius 2 is 2.03 bits per heavy atom. The molecule has 1 amide bonds. The molecule has 0 radical (unpaired) electrons. The molecule has 3 aromatic heterocycles. The van der Waals surface area contributed by atoms with E-state index >= 15 is 0 Å². The van der Waals surface area contributed by atoms with Gasteiger partial charge in [-0.3, -0.25) is 19.7 Å². The predicted molar refractivity (Wildman–Crippen MR) is 137 cm³/mol. The lowest BCUT2D eigenvalue weighted by atomic mass is 9.73. The molecule has 11 heteroatoms. The molecule has 0 unspecified atom stereocenters. The van der Waals surface area contributed by atoms with Crippen LogP contribution in [0.15, 0.2) is 11.6 Å². The van der Waals surface area contributed by atoms with Crippen LogP contribution in [-0.2, 0) is 25.4 Å². The first kappa shape index (κ1) is 23.8. The number of nitrogens with two attached hydrogens (primary N) is 1. The van der Waals surface area contributed by atoms with Gasteiger partial charge in [-0.1, -0.05) is 13.8 Å². The van der Waals surface area contributed by atoms with E-state index < -0.39 is 0 Å². The first-order valence-electron chi connectivity index (χ1n) is 12.0. The minimum atomic E-state index is -0.310. The molecular weight excluding hydrogens is 462 g/mol. The molecule has 3 N–H and O–H groups in total. The Bertz CT molecular complexity index is 1250. The van der Waals surface area contributed by atoms with Crippen molar-refractivity contribution in [1.29, 1.82) is 0 Å². The summed E-state index contributed by atoms with van der Waals surface area (Å²) in [5.74, 6) is -0.0454. The number of nitrogens with zero attached hydrogens (tertiary/aromatic N) is 7. The molecule has 1 aliphatic carbocycles. The third-order valence-electron chi connectivity index (χ3n) is 7.12. The Morgan fingerprint density at radius 1 is 1.29 bits per heavy atom. The summed E-state index contributed by atoms with van der Waals surface area (Å²) in [6, 6.07) is 0.653. The van der Waals surface area contributed by atoms with Crippen molar-refractivity contribution in [2.24, 2.45) is 7.05 Å². The SMILES string of the molecule is CN(C)C1CCN(Cc2csc(NC(=O)c3nn(C)c4c3C(C)(C)Cc3cnc(N)nc3-4)n2)CC1. The van der Waals surface area contributed by atoms with Crippen molar-refractivity contribution in [3.8, 4) is 11.4 Å². The van der Waals surface area contributed by atoms with Crippen LogP contribution in [-0.4, -0.2) is 73.7 Å². The molecule has 1 saturated heterocycles. The lowest BCUT2D eigenvalue weighted by Gasteiger charge is -2.34. The van der Waals surface area contributed by atoms with E-state index in [4.69, 9.17) is 5.73 Å². The highest BCUT2D eigenvalue weighted by atomic mass is 32.1. The summed E-state index contributed by atoms with van der Waals surface area (Å²) in [5.41, 5.74) is 10.4. The monoisotopic (exact) mass is 495 g/mol. The number of nitrogens with one attached hydrogen (secondary N) is 1. The number of nitrogen functional groups attached to an aromatic ring is 1. The normalized spacial score (nSPS) is 17.9. The number of piperidine rings is 1. The summed E-state index contributed by atoms with van der Waals surface area (Å²) in [4.78, 5) is 31.4. The summed E-state index contributed by atoms with van der Waals surface area (Å²) in [6.45, 7) is 7.16. The van der Waals surface area contributed by atoms with Crippen molar-refractivity contribution >= 4 is 28.3 Å². The molecule has 0 aromatic carbocycles. The van der Waals surface area contributed by atoms with Crippen LogP contribution >= 0.6 is 11.3 Å². The molecule has 1 fully saturated rings. The van der Waals surface area contributed by atoms with E-state index in [1.54, 1.807) is 10.9 Å². The van der Waals surface area contributed by atoms with E-state index in [9.17, 15) is 4.79 Å². The van der Waals surface area contributed by atoms with Gasteiger partial charge in [-0.2, -0.15) is 5.10 Å². The van der Waals surface area contributed by atoms with Gasteiger partial charge in [0.1, 0.15) is 0 Å². The lowest BCUT2D eigenvalue weighted by Crippen LogP contribution is -2.41. The molecule has 2 aliphatic rings. The highest BCUT2D eigenvalue weighted by molar-refractivity contribution is 7.14. The molecule has 186 valence electrons. The van der Waals surface area contributed by atoms with Crippen molar-refractivity contribution in [3.63, 3.8) is 0 Å². The van der Waals surface area contributed by atoms with Gasteiger partial charge in [0, 0.05) is 49.9 Å². The Labute approximate surface area is 209 Å². The molecule has 0 spiro atoms. The van der Waals surface area contributed by atoms with E-state index in [0.717, 1.165) is 47.8 Å². The number of aromatic nitrogens is 5. The summed E-state index contributed by atoms with van der Waals surface area (Å²) in [6.07, 6.45) is 4.81. The molecule has 5 rings (SSSR count). The zero-order chi connectivity index (χ0) is 24.9. The number of hydrogen-bond acceptors (Lipinski definition) is 9. The van der Waals surface area contributed by atoms with Gasteiger partial charge in [0.25, 0.3) is 5.91 Å². The fourth-order valence-corrected chi connectivity index (χ4v) is 6.03. The van der Waals surface area contributed by atoms with Gasteiger partial charge in [0.05, 0.1) is 17.1 Å². The number of carbonyl (C=O) groups excluding carboxylic acids is 1. The highest BCUT2D eigenvalue weighted by Crippen LogP contribution is 2.43. The minimum absolute atomic E-state index is 0.211. The van der Waals surface area contributed by atoms with Crippen molar-refractivity contribution < 1.29 is 4.79 Å². The topological polar surface area (TPSA) is 118 Å². The number of amides is 1. The van der Waals surface area contributed by atoms with Crippen LogP contribution in [0.2, 0.25) is 0 Å². The summed E-state index contributed by atoms with van der Waals surface area (Å²) >= 11 is 1.45. The summed E-state index contributed by atoms with van der Waals surface area (Å²) in [5, 5.41) is 10.2. The van der Waals surface area contributed by atoms with Crippen molar-refractivity contribution in [1.82, 2.24) is 34.5 Å². The fourth-order valence-electron chi connectivity index (χ4n) is 5.33. The number of hydrogen-bond donors (Lipinski definition) is 2. The van der Waals surface area contributed by atoms with Gasteiger partial charge in [0.15, 0.2) is 10.8 Å². The maximum Gasteiger partial charge on any atom is 0.278 e. The van der Waals surface area contributed by atoms with Gasteiger partial charge in [-0.05, 0) is 44.3 Å². The third kappa shape index (κ3) is 4.55. The summed E-state index contributed by atoms with van der Waals surface area (Å²) in [7, 11) is 6.13. The Hall–Kier alpha value is -2.89. The number of aryl methyl sites for hydroxylation is 1. The van der Waals surface area contributed by atoms with Crippen molar-refractivity contribution in [3.05, 3.63) is 34.1 Å². The molecule has 0 bridgehead atoms. The molecule has 3 aromatic rings. The van der Waals surface area contributed by atoms with Crippen LogP contribution in [0.1, 0.15) is 54.0 Å². The Balaban J connectivity index is 1.33. The maximum atomic E-state index is 13.4. The third-order valence-corrected chi connectivity index (χ3v) is 7.93. The Morgan fingerprint density at radius 3 is 2.74 bits per heavy atom. The number of carbonyl (C=O) groups is 1. The number of anilines is 2. The second-order valence-electron chi connectivity index (χ2n) is 10.4. The van der Waals surface area contributed by atoms with Crippen LogP contribution < -0.4 is 11.1 Å². The van der Waals surface area contributed by atoms with Gasteiger partial charge in [-0.25, -0.2) is 15.0 Å². The standard InChI is InChI=1S/C24H33N9OS/c1-24(2)10-14-11-26-22(25)28-18(14)20-17(24)19(30-32(20)5)21(34)29-23-27-15(13-35-23)12-33-8-6-16(7-9-33)31(3)4/h11,13,16H,6-10,12H2,1-5H3,(H2,25,26,28)(H,27,29,34). The molecule has 35 heavy (non-hydrogen) atoms. The zero-order valence-electron chi connectivity index (χ0n) is 21.0. The average molecular weight is 496 g/mol. The van der Waals surface area contributed by atoms with E-state index in [0.29, 0.717) is 23.3 Å². The quantitative estimate of drug-likeness (QED) is 0.554. The van der Waals surface area contributed by atoms with Crippen LogP contribution in [0.4, 0.5) is 11.1 Å². The molecule has 0 saturated carbocycles. The predicted octanol–water partition coefficient (Wildman–Crippen LogP) is 2.53. The zero-order valence-corrected chi connectivity index (χ0v) is 21.8. The highest BCUT2D eigenvalue weighted by Gasteiger charge is 2.39. The largest absolute Gasteiger partial charge is 0.368 e. The number of rotatable bonds is 5. The fraction of sp³-hybridized carbons (Fsp3) is 0.542. The lowest BCUT2D eigenvalue weighted by molar-refractivity contribution is 0.101. The number of thiazole rings is 1. The van der Waals surface area contributed by atoms with Crippen LogP contribution in [0, 0.1) is 0 Å². The smallest absolute Gasteiger partial charge is 0.278 e. The van der Waals surface area contributed by atoms with Gasteiger partial charge in [-0.15, -0.1) is 11.3 Å². The first-order chi connectivity index (χ1) is 16.6. The molecular formula is C24H33N9OS. The van der Waals surface area contributed by atoms with E-state index in [1.165, 1.54) is 24.2 Å². The van der Waals surface area contributed by atoms with Crippen LogP contribution in [0.25, 0.3) is 11.4 Å². The number of fused-ring (bicyclic) bond motifs is 3. The molecule has 4 heterocycles. The minimum Gasteiger partial charge on any atom is -0.368 e. The van der Waals surface area contributed by atoms with Crippen molar-refractivity contribution in [2.75, 3.05) is 38.2 Å². The first-order valence-corrected chi connectivity index (χ1v) is 12.8. The summed E-state index contributed by atoms with van der Waals surface area (Å²) < 4.78 is 1.72. The second-order valence-corrected chi connectivity index (χ2v) is 11.3. The molecule has 0 atom stereocenters. The van der Waals surface area contributed by atoms with E-state index in [1.807, 2.05) is 12.4 Å². The molecule has 1 aliphatic heterocycles. The van der Waals surface area contributed by atoms with E-state index in [-0.39, 0.29) is 17.3 Å². The van der Waals surface area contributed by atoms with E-state index in [2.05, 4.69) is 63.1 Å². The number of likely N-dealkylation sites (tertiary alicyclic amines) is 1. The van der Waals surface area contributed by atoms with Gasteiger partial charge >= 0.3 is 0 Å².